The third-order valence-corrected chi connectivity index (χ3v) is 3.78. The SMILES string of the molecule is c1cc(C[C@H]2CCCNCC2)c2cn[nH]c2c1. The van der Waals surface area contributed by atoms with E-state index < -0.39 is 0 Å². The van der Waals surface area contributed by atoms with E-state index in [1.807, 2.05) is 6.20 Å². The maximum Gasteiger partial charge on any atom is 0.0653 e. The zero-order chi connectivity index (χ0) is 11.5. The van der Waals surface area contributed by atoms with Gasteiger partial charge in [0.15, 0.2) is 0 Å². The van der Waals surface area contributed by atoms with Crippen LogP contribution in [0.15, 0.2) is 24.4 Å². The Hall–Kier alpha value is -1.35. The molecule has 0 amide bonds. The summed E-state index contributed by atoms with van der Waals surface area (Å²) in [6.45, 7) is 2.36. The average molecular weight is 229 g/mol. The predicted octanol–water partition coefficient (Wildman–Crippen LogP) is 2.50. The lowest BCUT2D eigenvalue weighted by atomic mass is 9.91. The first-order chi connectivity index (χ1) is 8.43. The van der Waals surface area contributed by atoms with Crippen molar-refractivity contribution in [3.05, 3.63) is 30.0 Å². The van der Waals surface area contributed by atoms with E-state index in [1.165, 1.54) is 49.7 Å². The van der Waals surface area contributed by atoms with Gasteiger partial charge in [0.1, 0.15) is 0 Å². The van der Waals surface area contributed by atoms with Gasteiger partial charge in [0, 0.05) is 5.39 Å². The molecule has 3 nitrogen and oxygen atoms in total. The first-order valence-corrected chi connectivity index (χ1v) is 6.55. The molecule has 0 unspecified atom stereocenters. The molecule has 0 saturated carbocycles. The summed E-state index contributed by atoms with van der Waals surface area (Å²) in [7, 11) is 0. The fourth-order valence-corrected chi connectivity index (χ4v) is 2.81. The molecule has 17 heavy (non-hydrogen) atoms. The zero-order valence-electron chi connectivity index (χ0n) is 10.1. The van der Waals surface area contributed by atoms with Gasteiger partial charge >= 0.3 is 0 Å². The predicted molar refractivity (Wildman–Crippen MR) is 70.0 cm³/mol. The molecule has 2 aromatic rings. The normalized spacial score (nSPS) is 21.5. The lowest BCUT2D eigenvalue weighted by Gasteiger charge is -2.13. The molecule has 1 atom stereocenters. The van der Waals surface area contributed by atoms with Crippen molar-refractivity contribution in [3.63, 3.8) is 0 Å². The lowest BCUT2D eigenvalue weighted by Crippen LogP contribution is -2.14. The number of aromatic nitrogens is 2. The maximum absolute atomic E-state index is 4.14. The second-order valence-corrected chi connectivity index (χ2v) is 5.00. The van der Waals surface area contributed by atoms with Crippen LogP contribution in [0.5, 0.6) is 0 Å². The Balaban J connectivity index is 1.81. The van der Waals surface area contributed by atoms with Gasteiger partial charge in [-0.2, -0.15) is 5.10 Å². The van der Waals surface area contributed by atoms with Crippen molar-refractivity contribution in [1.82, 2.24) is 15.5 Å². The highest BCUT2D eigenvalue weighted by Gasteiger charge is 2.14. The minimum atomic E-state index is 0.825. The Morgan fingerprint density at radius 3 is 3.24 bits per heavy atom. The largest absolute Gasteiger partial charge is 0.317 e. The number of nitrogens with one attached hydrogen (secondary N) is 2. The fraction of sp³-hybridized carbons (Fsp3) is 0.500. The third-order valence-electron chi connectivity index (χ3n) is 3.78. The van der Waals surface area contributed by atoms with E-state index in [1.54, 1.807) is 0 Å². The van der Waals surface area contributed by atoms with Crippen LogP contribution < -0.4 is 5.32 Å². The molecule has 1 aromatic heterocycles. The highest BCUT2D eigenvalue weighted by atomic mass is 15.1. The second kappa shape index (κ2) is 4.88. The van der Waals surface area contributed by atoms with Crippen LogP contribution in [0.3, 0.4) is 0 Å². The molecule has 0 radical (unpaired) electrons. The lowest BCUT2D eigenvalue weighted by molar-refractivity contribution is 0.471. The van der Waals surface area contributed by atoms with Crippen molar-refractivity contribution < 1.29 is 0 Å². The number of H-pyrrole nitrogens is 1. The zero-order valence-corrected chi connectivity index (χ0v) is 10.1. The standard InChI is InChI=1S/C14H19N3/c1-4-12(13-10-16-17-14(13)5-1)9-11-3-2-7-15-8-6-11/h1,4-5,10-11,15H,2-3,6-9H2,(H,16,17)/t11-/m0/s1. The summed E-state index contributed by atoms with van der Waals surface area (Å²) in [5.41, 5.74) is 2.61. The molecule has 3 rings (SSSR count). The molecule has 0 aliphatic carbocycles. The topological polar surface area (TPSA) is 40.7 Å². The maximum atomic E-state index is 4.14. The van der Waals surface area contributed by atoms with Gasteiger partial charge in [0.05, 0.1) is 11.7 Å². The molecule has 1 aromatic carbocycles. The number of aromatic amines is 1. The van der Waals surface area contributed by atoms with Gasteiger partial charge in [0.2, 0.25) is 0 Å². The van der Waals surface area contributed by atoms with Gasteiger partial charge in [-0.25, -0.2) is 0 Å². The Kier molecular flexibility index (Phi) is 3.10. The van der Waals surface area contributed by atoms with Crippen molar-refractivity contribution in [3.8, 4) is 0 Å². The number of benzene rings is 1. The quantitative estimate of drug-likeness (QED) is 0.830. The van der Waals surface area contributed by atoms with Gasteiger partial charge in [-0.05, 0) is 56.3 Å². The molecule has 3 heteroatoms. The first-order valence-electron chi connectivity index (χ1n) is 6.55. The summed E-state index contributed by atoms with van der Waals surface area (Å²) in [5, 5.41) is 12.0. The molecular formula is C14H19N3. The van der Waals surface area contributed by atoms with Crippen LogP contribution in [-0.2, 0) is 6.42 Å². The van der Waals surface area contributed by atoms with Gasteiger partial charge in [-0.15, -0.1) is 0 Å². The van der Waals surface area contributed by atoms with Crippen LogP contribution in [0.4, 0.5) is 0 Å². The van der Waals surface area contributed by atoms with E-state index in [-0.39, 0.29) is 0 Å². The molecule has 2 heterocycles. The summed E-state index contributed by atoms with van der Waals surface area (Å²) in [6, 6.07) is 6.47. The number of fused-ring (bicyclic) bond motifs is 1. The monoisotopic (exact) mass is 229 g/mol. The molecular weight excluding hydrogens is 210 g/mol. The van der Waals surface area contributed by atoms with Crippen molar-refractivity contribution in [2.24, 2.45) is 5.92 Å². The summed E-state index contributed by atoms with van der Waals surface area (Å²) in [6.07, 6.45) is 7.11. The van der Waals surface area contributed by atoms with Crippen molar-refractivity contribution in [2.75, 3.05) is 13.1 Å². The van der Waals surface area contributed by atoms with Crippen LogP contribution >= 0.6 is 0 Å². The Labute approximate surface area is 102 Å². The molecule has 1 saturated heterocycles. The first kappa shape index (κ1) is 10.8. The minimum absolute atomic E-state index is 0.825. The van der Waals surface area contributed by atoms with Gasteiger partial charge in [-0.3, -0.25) is 5.10 Å². The van der Waals surface area contributed by atoms with Crippen LogP contribution in [-0.4, -0.2) is 23.3 Å². The average Bonchev–Trinajstić information content (AvgIpc) is 2.69. The van der Waals surface area contributed by atoms with E-state index in [4.69, 9.17) is 0 Å². The highest BCUT2D eigenvalue weighted by Crippen LogP contribution is 2.24. The number of nitrogens with zero attached hydrogens (tertiary/aromatic N) is 1. The fourth-order valence-electron chi connectivity index (χ4n) is 2.81. The third kappa shape index (κ3) is 2.34. The number of rotatable bonds is 2. The molecule has 1 aliphatic rings. The second-order valence-electron chi connectivity index (χ2n) is 5.00. The van der Waals surface area contributed by atoms with Gasteiger partial charge in [-0.1, -0.05) is 12.1 Å². The van der Waals surface area contributed by atoms with Crippen LogP contribution in [0.25, 0.3) is 10.9 Å². The van der Waals surface area contributed by atoms with E-state index >= 15 is 0 Å². The van der Waals surface area contributed by atoms with Crippen molar-refractivity contribution >= 4 is 10.9 Å². The molecule has 1 aliphatic heterocycles. The summed E-state index contributed by atoms with van der Waals surface area (Å²) in [5.74, 6) is 0.825. The number of hydrogen-bond donors (Lipinski definition) is 2. The molecule has 1 fully saturated rings. The smallest absolute Gasteiger partial charge is 0.0653 e. The Bertz CT molecular complexity index is 481. The van der Waals surface area contributed by atoms with E-state index in [0.29, 0.717) is 0 Å². The van der Waals surface area contributed by atoms with E-state index in [9.17, 15) is 0 Å². The van der Waals surface area contributed by atoms with Crippen LogP contribution in [0, 0.1) is 5.92 Å². The van der Waals surface area contributed by atoms with E-state index in [0.717, 1.165) is 11.4 Å². The minimum Gasteiger partial charge on any atom is -0.317 e. The molecule has 0 bridgehead atoms. The summed E-state index contributed by atoms with van der Waals surface area (Å²) < 4.78 is 0. The van der Waals surface area contributed by atoms with Crippen molar-refractivity contribution in [1.29, 1.82) is 0 Å². The Morgan fingerprint density at radius 1 is 1.24 bits per heavy atom. The summed E-state index contributed by atoms with van der Waals surface area (Å²) >= 11 is 0. The van der Waals surface area contributed by atoms with Gasteiger partial charge < -0.3 is 5.32 Å². The van der Waals surface area contributed by atoms with Crippen LogP contribution in [0.1, 0.15) is 24.8 Å². The highest BCUT2D eigenvalue weighted by molar-refractivity contribution is 5.81. The van der Waals surface area contributed by atoms with Crippen molar-refractivity contribution in [2.45, 2.75) is 25.7 Å². The van der Waals surface area contributed by atoms with Crippen LogP contribution in [0.2, 0.25) is 0 Å². The van der Waals surface area contributed by atoms with Gasteiger partial charge in [0.25, 0.3) is 0 Å². The molecule has 0 spiro atoms. The number of hydrogen-bond acceptors (Lipinski definition) is 2. The molecule has 90 valence electrons. The van der Waals surface area contributed by atoms with E-state index in [2.05, 4.69) is 33.7 Å². The summed E-state index contributed by atoms with van der Waals surface area (Å²) in [4.78, 5) is 0. The molecule has 2 N–H and O–H groups in total. The Morgan fingerprint density at radius 2 is 2.24 bits per heavy atom.